The second-order valence-corrected chi connectivity index (χ2v) is 9.46. The number of hydrogen-bond donors (Lipinski definition) is 0. The summed E-state index contributed by atoms with van der Waals surface area (Å²) in [5, 5.41) is 0. The number of benzene rings is 2. The van der Waals surface area contributed by atoms with Gasteiger partial charge >= 0.3 is 6.03 Å². The first-order valence-electron chi connectivity index (χ1n) is 8.13. The molecule has 2 heterocycles. The van der Waals surface area contributed by atoms with E-state index < -0.39 is 21.9 Å². The van der Waals surface area contributed by atoms with E-state index in [1.165, 1.54) is 7.11 Å². The zero-order chi connectivity index (χ0) is 18.5. The summed E-state index contributed by atoms with van der Waals surface area (Å²) in [4.78, 5) is 16.5. The molecule has 2 fully saturated rings. The Morgan fingerprint density at radius 1 is 1.04 bits per heavy atom. The number of urea groups is 1. The minimum Gasteiger partial charge on any atom is -0.495 e. The highest BCUT2D eigenvalue weighted by Gasteiger charge is 2.55. The quantitative estimate of drug-likeness (QED) is 0.693. The van der Waals surface area contributed by atoms with Crippen LogP contribution in [0.2, 0.25) is 0 Å². The summed E-state index contributed by atoms with van der Waals surface area (Å²) in [5.74, 6) is 0.452. The lowest BCUT2D eigenvalue weighted by Gasteiger charge is -2.24. The highest BCUT2D eigenvalue weighted by Crippen LogP contribution is 2.41. The van der Waals surface area contributed by atoms with Gasteiger partial charge in [-0.15, -0.1) is 0 Å². The van der Waals surface area contributed by atoms with Gasteiger partial charge in [-0.25, -0.2) is 13.2 Å². The Balaban J connectivity index is 1.84. The van der Waals surface area contributed by atoms with E-state index in [0.29, 0.717) is 17.1 Å². The van der Waals surface area contributed by atoms with Crippen LogP contribution in [-0.4, -0.2) is 45.1 Å². The fraction of sp³-hybridized carbons (Fsp3) is 0.278. The molecule has 4 rings (SSSR count). The van der Waals surface area contributed by atoms with E-state index in [4.69, 9.17) is 4.74 Å². The number of sulfone groups is 1. The third kappa shape index (κ3) is 2.77. The summed E-state index contributed by atoms with van der Waals surface area (Å²) < 4.78 is 30.9. The van der Waals surface area contributed by atoms with E-state index in [1.807, 2.05) is 36.4 Å². The van der Waals surface area contributed by atoms with Crippen molar-refractivity contribution in [1.82, 2.24) is 0 Å². The molecule has 2 saturated heterocycles. The number of nitrogens with zero attached hydrogens (tertiary/aromatic N) is 2. The lowest BCUT2D eigenvalue weighted by molar-refractivity contribution is 0.255. The number of carbonyl (C=O) groups is 1. The van der Waals surface area contributed by atoms with Crippen LogP contribution in [0, 0.1) is 0 Å². The van der Waals surface area contributed by atoms with Gasteiger partial charge in [-0.2, -0.15) is 0 Å². The van der Waals surface area contributed by atoms with E-state index in [1.54, 1.807) is 21.9 Å². The summed E-state index contributed by atoms with van der Waals surface area (Å²) in [6, 6.07) is 13.4. The number of para-hydroxylation sites is 2. The lowest BCUT2D eigenvalue weighted by atomic mass is 10.1. The predicted octanol–water partition coefficient (Wildman–Crippen LogP) is 3.07. The molecule has 2 aromatic carbocycles. The summed E-state index contributed by atoms with van der Waals surface area (Å²) in [6.07, 6.45) is 0. The molecular formula is C18H17BrN2O4S. The van der Waals surface area contributed by atoms with Gasteiger partial charge in [0.25, 0.3) is 0 Å². The Morgan fingerprint density at radius 2 is 1.73 bits per heavy atom. The van der Waals surface area contributed by atoms with Gasteiger partial charge < -0.3 is 4.74 Å². The maximum absolute atomic E-state index is 13.3. The lowest BCUT2D eigenvalue weighted by Crippen LogP contribution is -2.38. The van der Waals surface area contributed by atoms with Crippen LogP contribution in [0.25, 0.3) is 0 Å². The molecule has 0 aliphatic carbocycles. The number of amides is 2. The smallest absolute Gasteiger partial charge is 0.329 e. The first kappa shape index (κ1) is 17.4. The van der Waals surface area contributed by atoms with Gasteiger partial charge in [0.2, 0.25) is 0 Å². The zero-order valence-electron chi connectivity index (χ0n) is 14.0. The topological polar surface area (TPSA) is 66.9 Å². The fourth-order valence-electron chi connectivity index (χ4n) is 3.74. The molecule has 0 bridgehead atoms. The highest BCUT2D eigenvalue weighted by atomic mass is 79.9. The van der Waals surface area contributed by atoms with Gasteiger partial charge in [0, 0.05) is 10.2 Å². The van der Waals surface area contributed by atoms with Crippen molar-refractivity contribution in [1.29, 1.82) is 0 Å². The molecule has 8 heteroatoms. The molecule has 2 aromatic rings. The molecule has 136 valence electrons. The SMILES string of the molecule is COc1ccccc1N1C(=O)N(c2cccc(Br)c2)[C@@H]2CS(=O)(=O)C[C@H]21. The van der Waals surface area contributed by atoms with Crippen molar-refractivity contribution >= 4 is 43.2 Å². The normalized spacial score (nSPS) is 24.0. The minimum absolute atomic E-state index is 0.0401. The molecule has 0 radical (unpaired) electrons. The number of hydrogen-bond acceptors (Lipinski definition) is 4. The Labute approximate surface area is 160 Å². The number of ether oxygens (including phenoxy) is 1. The second-order valence-electron chi connectivity index (χ2n) is 6.39. The number of fused-ring (bicyclic) bond motifs is 1. The molecule has 6 nitrogen and oxygen atoms in total. The van der Waals surface area contributed by atoms with Gasteiger partial charge in [-0.3, -0.25) is 9.80 Å². The molecule has 0 saturated carbocycles. The first-order valence-corrected chi connectivity index (χ1v) is 10.7. The van der Waals surface area contributed by atoms with Crippen LogP contribution in [0.15, 0.2) is 53.0 Å². The molecule has 2 amide bonds. The monoisotopic (exact) mass is 436 g/mol. The molecule has 26 heavy (non-hydrogen) atoms. The largest absolute Gasteiger partial charge is 0.495 e. The van der Waals surface area contributed by atoms with E-state index in [-0.39, 0.29) is 17.5 Å². The number of anilines is 2. The van der Waals surface area contributed by atoms with E-state index in [0.717, 1.165) is 4.47 Å². The van der Waals surface area contributed by atoms with Gasteiger partial charge in [0.15, 0.2) is 9.84 Å². The van der Waals surface area contributed by atoms with E-state index in [9.17, 15) is 13.2 Å². The van der Waals surface area contributed by atoms with Crippen molar-refractivity contribution in [3.8, 4) is 5.75 Å². The van der Waals surface area contributed by atoms with Crippen molar-refractivity contribution in [2.45, 2.75) is 12.1 Å². The average Bonchev–Trinajstić information content (AvgIpc) is 3.03. The average molecular weight is 437 g/mol. The van der Waals surface area contributed by atoms with Gasteiger partial charge in [0.05, 0.1) is 36.4 Å². The molecule has 2 atom stereocenters. The van der Waals surface area contributed by atoms with Gasteiger partial charge in [-0.05, 0) is 30.3 Å². The predicted molar refractivity (Wildman–Crippen MR) is 104 cm³/mol. The number of halogens is 1. The Bertz CT molecular complexity index is 979. The number of carbonyl (C=O) groups excluding carboxylic acids is 1. The van der Waals surface area contributed by atoms with Crippen LogP contribution in [0.3, 0.4) is 0 Å². The van der Waals surface area contributed by atoms with Crippen molar-refractivity contribution < 1.29 is 17.9 Å². The summed E-state index contributed by atoms with van der Waals surface area (Å²) in [6.45, 7) is 0. The number of rotatable bonds is 3. The van der Waals surface area contributed by atoms with Gasteiger partial charge in [-0.1, -0.05) is 34.1 Å². The van der Waals surface area contributed by atoms with Crippen molar-refractivity contribution in [2.24, 2.45) is 0 Å². The molecule has 0 unspecified atom stereocenters. The zero-order valence-corrected chi connectivity index (χ0v) is 16.4. The molecule has 0 N–H and O–H groups in total. The molecule has 2 aliphatic heterocycles. The van der Waals surface area contributed by atoms with Crippen molar-refractivity contribution in [3.63, 3.8) is 0 Å². The summed E-state index contributed by atoms with van der Waals surface area (Å²) in [5.41, 5.74) is 1.26. The number of methoxy groups -OCH3 is 1. The Hall–Kier alpha value is -2.06. The van der Waals surface area contributed by atoms with Crippen LogP contribution >= 0.6 is 15.9 Å². The van der Waals surface area contributed by atoms with Gasteiger partial charge in [0.1, 0.15) is 5.75 Å². The fourth-order valence-corrected chi connectivity index (χ4v) is 6.05. The standard InChI is InChI=1S/C18H17BrN2O4S/c1-25-17-8-3-2-7-14(17)21-16-11-26(23,24)10-15(16)20(18(21)22)13-6-4-5-12(19)9-13/h2-9,15-16H,10-11H2,1H3/t15-,16-/m1/s1. The molecule has 0 spiro atoms. The van der Waals surface area contributed by atoms with E-state index >= 15 is 0 Å². The van der Waals surface area contributed by atoms with Crippen molar-refractivity contribution in [3.05, 3.63) is 53.0 Å². The maximum atomic E-state index is 13.3. The van der Waals surface area contributed by atoms with Crippen LogP contribution < -0.4 is 14.5 Å². The van der Waals surface area contributed by atoms with Crippen LogP contribution in [0.4, 0.5) is 16.2 Å². The second kappa shape index (κ2) is 6.28. The molecular weight excluding hydrogens is 420 g/mol. The minimum atomic E-state index is -3.23. The van der Waals surface area contributed by atoms with E-state index in [2.05, 4.69) is 15.9 Å². The molecule has 2 aliphatic rings. The third-order valence-electron chi connectivity index (χ3n) is 4.80. The molecule has 0 aromatic heterocycles. The summed E-state index contributed by atoms with van der Waals surface area (Å²) in [7, 11) is -1.69. The Kier molecular flexibility index (Phi) is 4.19. The summed E-state index contributed by atoms with van der Waals surface area (Å²) >= 11 is 3.42. The first-order chi connectivity index (χ1) is 12.4. The highest BCUT2D eigenvalue weighted by molar-refractivity contribution is 9.10. The third-order valence-corrected chi connectivity index (χ3v) is 6.99. The van der Waals surface area contributed by atoms with Crippen LogP contribution in [0.1, 0.15) is 0 Å². The van der Waals surface area contributed by atoms with Crippen molar-refractivity contribution in [2.75, 3.05) is 28.4 Å². The maximum Gasteiger partial charge on any atom is 0.329 e. The van der Waals surface area contributed by atoms with Crippen LogP contribution in [-0.2, 0) is 9.84 Å². The Morgan fingerprint density at radius 3 is 2.42 bits per heavy atom. The van der Waals surface area contributed by atoms with Crippen LogP contribution in [0.5, 0.6) is 5.75 Å².